The second-order valence-electron chi connectivity index (χ2n) is 6.71. The molecule has 6 nitrogen and oxygen atoms in total. The summed E-state index contributed by atoms with van der Waals surface area (Å²) < 4.78 is 5.39. The molecular formula is C19H20ClN5O. The molecule has 2 unspecified atom stereocenters. The minimum absolute atomic E-state index is 0.362. The summed E-state index contributed by atoms with van der Waals surface area (Å²) in [6.45, 7) is 2.79. The summed E-state index contributed by atoms with van der Waals surface area (Å²) in [6.07, 6.45) is 5.61. The number of hydrogen-bond donors (Lipinski definition) is 0. The summed E-state index contributed by atoms with van der Waals surface area (Å²) in [7, 11) is 1.62. The summed E-state index contributed by atoms with van der Waals surface area (Å²) >= 11 is 6.47. The molecule has 2 atom stereocenters. The van der Waals surface area contributed by atoms with Crippen molar-refractivity contribution in [2.75, 3.05) is 36.5 Å². The highest BCUT2D eigenvalue weighted by Crippen LogP contribution is 2.39. The topological polar surface area (TPSA) is 65.3 Å². The van der Waals surface area contributed by atoms with Crippen molar-refractivity contribution < 1.29 is 4.74 Å². The van der Waals surface area contributed by atoms with E-state index in [0.717, 1.165) is 44.0 Å². The lowest BCUT2D eigenvalue weighted by molar-refractivity contribution is 0.372. The normalized spacial score (nSPS) is 22.0. The molecule has 2 saturated heterocycles. The standard InChI is InChI=1S/C19H20ClN5O/c1-26-19-18(22-6-7-23-19)24-8-4-14-5-9-25(17(14)12-24)16-3-2-13(11-21)10-15(16)20/h2-3,6-7,10,14,17H,4-5,8-9,12H2,1H3. The van der Waals surface area contributed by atoms with Crippen LogP contribution in [0.2, 0.25) is 5.02 Å². The lowest BCUT2D eigenvalue weighted by Gasteiger charge is -2.40. The van der Waals surface area contributed by atoms with E-state index in [1.54, 1.807) is 25.6 Å². The zero-order valence-electron chi connectivity index (χ0n) is 14.6. The third kappa shape index (κ3) is 2.93. The Labute approximate surface area is 158 Å². The molecule has 2 aliphatic heterocycles. The molecule has 0 saturated carbocycles. The molecule has 0 aliphatic carbocycles. The van der Waals surface area contributed by atoms with Crippen LogP contribution in [-0.2, 0) is 0 Å². The highest BCUT2D eigenvalue weighted by atomic mass is 35.5. The lowest BCUT2D eigenvalue weighted by atomic mass is 9.92. The fourth-order valence-corrected chi connectivity index (χ4v) is 4.41. The van der Waals surface area contributed by atoms with Crippen LogP contribution in [0.3, 0.4) is 0 Å². The van der Waals surface area contributed by atoms with E-state index in [1.807, 2.05) is 12.1 Å². The number of piperidine rings is 1. The van der Waals surface area contributed by atoms with Crippen molar-refractivity contribution in [1.29, 1.82) is 5.26 Å². The molecule has 2 aromatic rings. The summed E-state index contributed by atoms with van der Waals surface area (Å²) in [4.78, 5) is 13.4. The van der Waals surface area contributed by atoms with Gasteiger partial charge in [0.2, 0.25) is 0 Å². The quantitative estimate of drug-likeness (QED) is 0.828. The minimum Gasteiger partial charge on any atom is -0.478 e. The highest BCUT2D eigenvalue weighted by molar-refractivity contribution is 6.33. The first kappa shape index (κ1) is 16.9. The zero-order valence-corrected chi connectivity index (χ0v) is 15.4. The molecule has 2 fully saturated rings. The van der Waals surface area contributed by atoms with Crippen molar-refractivity contribution in [2.24, 2.45) is 5.92 Å². The van der Waals surface area contributed by atoms with Gasteiger partial charge in [0, 0.05) is 38.1 Å². The van der Waals surface area contributed by atoms with Crippen molar-refractivity contribution in [3.63, 3.8) is 0 Å². The third-order valence-corrected chi connectivity index (χ3v) is 5.69. The third-order valence-electron chi connectivity index (χ3n) is 5.39. The molecule has 1 aromatic heterocycles. The molecule has 0 amide bonds. The van der Waals surface area contributed by atoms with Gasteiger partial charge >= 0.3 is 0 Å². The first-order valence-corrected chi connectivity index (χ1v) is 9.15. The Morgan fingerprint density at radius 1 is 1.23 bits per heavy atom. The van der Waals surface area contributed by atoms with Crippen LogP contribution < -0.4 is 14.5 Å². The number of benzene rings is 1. The second kappa shape index (κ2) is 7.00. The van der Waals surface area contributed by atoms with Crippen LogP contribution >= 0.6 is 11.6 Å². The number of aromatic nitrogens is 2. The van der Waals surface area contributed by atoms with Gasteiger partial charge in [0.25, 0.3) is 5.88 Å². The van der Waals surface area contributed by atoms with Gasteiger partial charge in [-0.05, 0) is 37.0 Å². The molecule has 0 radical (unpaired) electrons. The summed E-state index contributed by atoms with van der Waals surface area (Å²) in [5, 5.41) is 9.70. The monoisotopic (exact) mass is 369 g/mol. The Kier molecular flexibility index (Phi) is 4.56. The number of halogens is 1. The van der Waals surface area contributed by atoms with E-state index >= 15 is 0 Å². The molecule has 0 N–H and O–H groups in total. The van der Waals surface area contributed by atoms with E-state index in [9.17, 15) is 0 Å². The molecule has 0 bridgehead atoms. The van der Waals surface area contributed by atoms with Gasteiger partial charge in [0.05, 0.1) is 29.5 Å². The predicted octanol–water partition coefficient (Wildman–Crippen LogP) is 3.12. The van der Waals surface area contributed by atoms with E-state index in [0.29, 0.717) is 28.4 Å². The van der Waals surface area contributed by atoms with E-state index in [2.05, 4.69) is 25.8 Å². The summed E-state index contributed by atoms with van der Waals surface area (Å²) in [5.41, 5.74) is 1.59. The molecule has 26 heavy (non-hydrogen) atoms. The van der Waals surface area contributed by atoms with Crippen LogP contribution in [0, 0.1) is 17.2 Å². The summed E-state index contributed by atoms with van der Waals surface area (Å²) in [5.74, 6) is 2.00. The number of methoxy groups -OCH3 is 1. The van der Waals surface area contributed by atoms with E-state index in [4.69, 9.17) is 21.6 Å². The van der Waals surface area contributed by atoms with Gasteiger partial charge < -0.3 is 14.5 Å². The van der Waals surface area contributed by atoms with Crippen LogP contribution in [0.15, 0.2) is 30.6 Å². The number of nitriles is 1. The number of fused-ring (bicyclic) bond motifs is 1. The van der Waals surface area contributed by atoms with Crippen LogP contribution in [0.5, 0.6) is 5.88 Å². The number of hydrogen-bond acceptors (Lipinski definition) is 6. The van der Waals surface area contributed by atoms with Gasteiger partial charge in [0.1, 0.15) is 0 Å². The molecule has 2 aliphatic rings. The zero-order chi connectivity index (χ0) is 18.1. The second-order valence-corrected chi connectivity index (χ2v) is 7.12. The fourth-order valence-electron chi connectivity index (χ4n) is 4.12. The number of anilines is 2. The van der Waals surface area contributed by atoms with Gasteiger partial charge in [-0.2, -0.15) is 5.26 Å². The highest BCUT2D eigenvalue weighted by Gasteiger charge is 2.40. The predicted molar refractivity (Wildman–Crippen MR) is 101 cm³/mol. The Hall–Kier alpha value is -2.52. The number of nitrogens with zero attached hydrogens (tertiary/aromatic N) is 5. The molecule has 3 heterocycles. The maximum atomic E-state index is 9.06. The van der Waals surface area contributed by atoms with Crippen LogP contribution in [-0.4, -0.2) is 42.8 Å². The first-order valence-electron chi connectivity index (χ1n) is 8.77. The van der Waals surface area contributed by atoms with Crippen molar-refractivity contribution in [3.05, 3.63) is 41.2 Å². The van der Waals surface area contributed by atoms with E-state index < -0.39 is 0 Å². The van der Waals surface area contributed by atoms with Crippen molar-refractivity contribution in [3.8, 4) is 11.9 Å². The maximum Gasteiger partial charge on any atom is 0.257 e. The summed E-state index contributed by atoms with van der Waals surface area (Å²) in [6, 6.07) is 8.05. The van der Waals surface area contributed by atoms with Gasteiger partial charge in [-0.15, -0.1) is 0 Å². The smallest absolute Gasteiger partial charge is 0.257 e. The Balaban J connectivity index is 1.60. The van der Waals surface area contributed by atoms with Crippen LogP contribution in [0.1, 0.15) is 18.4 Å². The Bertz CT molecular complexity index is 852. The average Bonchev–Trinajstić information content (AvgIpc) is 3.10. The largest absolute Gasteiger partial charge is 0.478 e. The Morgan fingerprint density at radius 2 is 2.04 bits per heavy atom. The minimum atomic E-state index is 0.362. The SMILES string of the molecule is COc1nccnc1N1CCC2CCN(c3ccc(C#N)cc3Cl)C2C1. The van der Waals surface area contributed by atoms with Crippen LogP contribution in [0.4, 0.5) is 11.5 Å². The first-order chi connectivity index (χ1) is 12.7. The number of rotatable bonds is 3. The average molecular weight is 370 g/mol. The molecule has 134 valence electrons. The van der Waals surface area contributed by atoms with E-state index in [-0.39, 0.29) is 0 Å². The van der Waals surface area contributed by atoms with Crippen molar-refractivity contribution in [2.45, 2.75) is 18.9 Å². The molecule has 0 spiro atoms. The maximum absolute atomic E-state index is 9.06. The molecule has 7 heteroatoms. The van der Waals surface area contributed by atoms with Crippen LogP contribution in [0.25, 0.3) is 0 Å². The number of ether oxygens (including phenoxy) is 1. The molecule has 1 aromatic carbocycles. The lowest BCUT2D eigenvalue weighted by Crippen LogP contribution is -2.48. The van der Waals surface area contributed by atoms with Crippen molar-refractivity contribution in [1.82, 2.24) is 9.97 Å². The fraction of sp³-hybridized carbons (Fsp3) is 0.421. The van der Waals surface area contributed by atoms with Gasteiger partial charge in [-0.3, -0.25) is 0 Å². The van der Waals surface area contributed by atoms with Gasteiger partial charge in [-0.25, -0.2) is 9.97 Å². The van der Waals surface area contributed by atoms with E-state index in [1.165, 1.54) is 0 Å². The Morgan fingerprint density at radius 3 is 2.81 bits per heavy atom. The van der Waals surface area contributed by atoms with Gasteiger partial charge in [0.15, 0.2) is 5.82 Å². The molecular weight excluding hydrogens is 350 g/mol. The van der Waals surface area contributed by atoms with Gasteiger partial charge in [-0.1, -0.05) is 11.6 Å². The molecule has 4 rings (SSSR count). The van der Waals surface area contributed by atoms with Crippen molar-refractivity contribution >= 4 is 23.1 Å².